The fourth-order valence-electron chi connectivity index (χ4n) is 2.41. The van der Waals surface area contributed by atoms with Crippen molar-refractivity contribution in [2.24, 2.45) is 0 Å². The van der Waals surface area contributed by atoms with Gasteiger partial charge in [-0.05, 0) is 44.2 Å². The predicted molar refractivity (Wildman–Crippen MR) is 99.7 cm³/mol. The summed E-state index contributed by atoms with van der Waals surface area (Å²) in [5.41, 5.74) is -1.16. The molecule has 0 fully saturated rings. The lowest BCUT2D eigenvalue weighted by Crippen LogP contribution is -2.38. The smallest absolute Gasteiger partial charge is 0.417 e. The summed E-state index contributed by atoms with van der Waals surface area (Å²) in [4.78, 5) is 20.1. The third kappa shape index (κ3) is 5.41. The van der Waals surface area contributed by atoms with Gasteiger partial charge in [0.1, 0.15) is 11.4 Å². The Labute approximate surface area is 164 Å². The summed E-state index contributed by atoms with van der Waals surface area (Å²) in [6, 6.07) is 10.1. The SMILES string of the molecule is CC(C)(O)CNC(=O)c1ccc2cc(Oc3ccc(C(F)(F)F)cn3)ccc2n1. The van der Waals surface area contributed by atoms with Gasteiger partial charge in [0, 0.05) is 24.2 Å². The first kappa shape index (κ1) is 20.5. The van der Waals surface area contributed by atoms with Crippen LogP contribution in [0.5, 0.6) is 11.6 Å². The Bertz CT molecular complexity index is 1030. The van der Waals surface area contributed by atoms with E-state index in [9.17, 15) is 23.1 Å². The number of aromatic nitrogens is 2. The van der Waals surface area contributed by atoms with Crippen LogP contribution >= 0.6 is 0 Å². The Balaban J connectivity index is 1.74. The normalized spacial score (nSPS) is 12.1. The lowest BCUT2D eigenvalue weighted by Gasteiger charge is -2.17. The molecule has 2 aromatic heterocycles. The quantitative estimate of drug-likeness (QED) is 0.672. The fraction of sp³-hybridized carbons (Fsp3) is 0.250. The van der Waals surface area contributed by atoms with Crippen LogP contribution in [0.2, 0.25) is 0 Å². The van der Waals surface area contributed by atoms with E-state index in [1.807, 2.05) is 0 Å². The first-order valence-corrected chi connectivity index (χ1v) is 8.64. The van der Waals surface area contributed by atoms with E-state index in [1.165, 1.54) is 6.07 Å². The van der Waals surface area contributed by atoms with Crippen LogP contribution in [-0.4, -0.2) is 33.1 Å². The van der Waals surface area contributed by atoms with Crippen molar-refractivity contribution in [2.45, 2.75) is 25.6 Å². The van der Waals surface area contributed by atoms with Crippen LogP contribution < -0.4 is 10.1 Å². The molecular formula is C20H18F3N3O3. The minimum atomic E-state index is -4.46. The number of carbonyl (C=O) groups is 1. The minimum Gasteiger partial charge on any atom is -0.439 e. The van der Waals surface area contributed by atoms with Gasteiger partial charge in [0.05, 0.1) is 16.7 Å². The maximum absolute atomic E-state index is 12.6. The molecule has 0 aliphatic carbocycles. The molecule has 6 nitrogen and oxygen atoms in total. The van der Waals surface area contributed by atoms with Gasteiger partial charge < -0.3 is 15.2 Å². The first-order valence-electron chi connectivity index (χ1n) is 8.64. The molecule has 0 radical (unpaired) electrons. The largest absolute Gasteiger partial charge is 0.439 e. The van der Waals surface area contributed by atoms with Gasteiger partial charge in [0.2, 0.25) is 5.88 Å². The lowest BCUT2D eigenvalue weighted by atomic mass is 10.1. The average molecular weight is 405 g/mol. The van der Waals surface area contributed by atoms with Crippen LogP contribution in [0.4, 0.5) is 13.2 Å². The van der Waals surface area contributed by atoms with Crippen molar-refractivity contribution in [3.63, 3.8) is 0 Å². The third-order valence-electron chi connectivity index (χ3n) is 3.86. The van der Waals surface area contributed by atoms with E-state index >= 15 is 0 Å². The Kier molecular flexibility index (Phi) is 5.43. The average Bonchev–Trinajstić information content (AvgIpc) is 2.65. The molecule has 29 heavy (non-hydrogen) atoms. The second-order valence-corrected chi connectivity index (χ2v) is 7.03. The number of nitrogens with zero attached hydrogens (tertiary/aromatic N) is 2. The molecule has 3 rings (SSSR count). The molecule has 0 aliphatic rings. The monoisotopic (exact) mass is 405 g/mol. The van der Waals surface area contributed by atoms with E-state index in [-0.39, 0.29) is 18.1 Å². The van der Waals surface area contributed by atoms with Gasteiger partial charge in [0.15, 0.2) is 0 Å². The van der Waals surface area contributed by atoms with E-state index in [2.05, 4.69) is 15.3 Å². The van der Waals surface area contributed by atoms with Crippen molar-refractivity contribution in [3.8, 4) is 11.6 Å². The number of carbonyl (C=O) groups excluding carboxylic acids is 1. The van der Waals surface area contributed by atoms with Gasteiger partial charge in [-0.25, -0.2) is 9.97 Å². The number of fused-ring (bicyclic) bond motifs is 1. The highest BCUT2D eigenvalue weighted by molar-refractivity contribution is 5.95. The van der Waals surface area contributed by atoms with Crippen molar-refractivity contribution < 1.29 is 27.8 Å². The Morgan fingerprint density at radius 2 is 1.90 bits per heavy atom. The zero-order valence-electron chi connectivity index (χ0n) is 15.6. The number of aliphatic hydroxyl groups is 1. The summed E-state index contributed by atoms with van der Waals surface area (Å²) in [6.07, 6.45) is -3.76. The summed E-state index contributed by atoms with van der Waals surface area (Å²) in [7, 11) is 0. The van der Waals surface area contributed by atoms with Crippen LogP contribution in [0.15, 0.2) is 48.7 Å². The number of alkyl halides is 3. The fourth-order valence-corrected chi connectivity index (χ4v) is 2.41. The molecule has 1 amide bonds. The topological polar surface area (TPSA) is 84.3 Å². The number of nitrogens with one attached hydrogen (secondary N) is 1. The molecule has 0 saturated carbocycles. The van der Waals surface area contributed by atoms with Crippen molar-refractivity contribution in [3.05, 3.63) is 59.9 Å². The number of rotatable bonds is 5. The van der Waals surface area contributed by atoms with Gasteiger partial charge in [-0.3, -0.25) is 4.79 Å². The maximum Gasteiger partial charge on any atom is 0.417 e. The number of hydrogen-bond acceptors (Lipinski definition) is 5. The number of amides is 1. The second-order valence-electron chi connectivity index (χ2n) is 7.03. The Hall–Kier alpha value is -3.20. The van der Waals surface area contributed by atoms with E-state index in [1.54, 1.807) is 38.1 Å². The summed E-state index contributed by atoms with van der Waals surface area (Å²) >= 11 is 0. The molecule has 0 aliphatic heterocycles. The summed E-state index contributed by atoms with van der Waals surface area (Å²) in [5.74, 6) is -0.0259. The van der Waals surface area contributed by atoms with Crippen LogP contribution in [-0.2, 0) is 6.18 Å². The standard InChI is InChI=1S/C20H18F3N3O3/c1-19(2,28)11-25-18(27)16-6-3-12-9-14(5-7-15(12)26-16)29-17-8-4-13(10-24-17)20(21,22)23/h3-10,28H,11H2,1-2H3,(H,25,27). The highest BCUT2D eigenvalue weighted by Crippen LogP contribution is 2.30. The maximum atomic E-state index is 12.6. The number of hydrogen-bond donors (Lipinski definition) is 2. The van der Waals surface area contributed by atoms with Crippen LogP contribution in [0.25, 0.3) is 10.9 Å². The van der Waals surface area contributed by atoms with Crippen molar-refractivity contribution in [1.82, 2.24) is 15.3 Å². The van der Waals surface area contributed by atoms with E-state index in [4.69, 9.17) is 4.74 Å². The van der Waals surface area contributed by atoms with Gasteiger partial charge in [0.25, 0.3) is 5.91 Å². The minimum absolute atomic E-state index is 0.0212. The first-order chi connectivity index (χ1) is 13.5. The molecule has 2 heterocycles. The van der Waals surface area contributed by atoms with Crippen molar-refractivity contribution in [2.75, 3.05) is 6.54 Å². The van der Waals surface area contributed by atoms with E-state index in [0.29, 0.717) is 22.8 Å². The number of halogens is 3. The molecule has 0 spiro atoms. The number of benzene rings is 1. The second kappa shape index (κ2) is 7.67. The summed E-state index contributed by atoms with van der Waals surface area (Å²) in [6.45, 7) is 3.24. The zero-order valence-corrected chi connectivity index (χ0v) is 15.6. The molecule has 2 N–H and O–H groups in total. The Morgan fingerprint density at radius 3 is 2.52 bits per heavy atom. The van der Waals surface area contributed by atoms with Gasteiger partial charge in [-0.15, -0.1) is 0 Å². The highest BCUT2D eigenvalue weighted by Gasteiger charge is 2.30. The number of pyridine rings is 2. The van der Waals surface area contributed by atoms with Gasteiger partial charge in [-0.2, -0.15) is 13.2 Å². The molecule has 0 saturated heterocycles. The molecule has 9 heteroatoms. The van der Waals surface area contributed by atoms with E-state index < -0.39 is 23.2 Å². The Morgan fingerprint density at radius 1 is 1.14 bits per heavy atom. The van der Waals surface area contributed by atoms with Gasteiger partial charge >= 0.3 is 6.18 Å². The molecule has 1 aromatic carbocycles. The molecule has 0 bridgehead atoms. The molecule has 152 valence electrons. The van der Waals surface area contributed by atoms with Crippen LogP contribution in [0.1, 0.15) is 29.9 Å². The molecule has 3 aromatic rings. The molecular weight excluding hydrogens is 387 g/mol. The summed E-state index contributed by atoms with van der Waals surface area (Å²) < 4.78 is 43.3. The summed E-state index contributed by atoms with van der Waals surface area (Å²) in [5, 5.41) is 13.0. The number of ether oxygens (including phenoxy) is 1. The molecule has 0 atom stereocenters. The highest BCUT2D eigenvalue weighted by atomic mass is 19.4. The van der Waals surface area contributed by atoms with Crippen molar-refractivity contribution in [1.29, 1.82) is 0 Å². The zero-order chi connectivity index (χ0) is 21.2. The van der Waals surface area contributed by atoms with Gasteiger partial charge in [-0.1, -0.05) is 6.07 Å². The lowest BCUT2D eigenvalue weighted by molar-refractivity contribution is -0.137. The predicted octanol–water partition coefficient (Wildman–Crippen LogP) is 3.94. The van der Waals surface area contributed by atoms with E-state index in [0.717, 1.165) is 12.1 Å². The van der Waals surface area contributed by atoms with Crippen LogP contribution in [0.3, 0.4) is 0 Å². The van der Waals surface area contributed by atoms with Crippen LogP contribution in [0, 0.1) is 0 Å². The third-order valence-corrected chi connectivity index (χ3v) is 3.86. The molecule has 0 unspecified atom stereocenters. The van der Waals surface area contributed by atoms with Crippen molar-refractivity contribution >= 4 is 16.8 Å².